The molecule has 5 atom stereocenters. The second-order valence-corrected chi connectivity index (χ2v) is 31.7. The third-order valence-corrected chi connectivity index (χ3v) is 20.6. The number of aliphatic hydroxyl groups is 1. The van der Waals surface area contributed by atoms with E-state index in [4.69, 9.17) is 37.0 Å². The topological polar surface area (TPSA) is 237 Å². The Morgan fingerprint density at radius 2 is 0.475 bits per heavy atom. The zero-order valence-electron chi connectivity index (χ0n) is 65.4. The summed E-state index contributed by atoms with van der Waals surface area (Å²) in [6.07, 6.45) is 71.6. The summed E-state index contributed by atoms with van der Waals surface area (Å²) in [4.78, 5) is 73.0. The first-order chi connectivity index (χ1) is 49.2. The zero-order valence-corrected chi connectivity index (χ0v) is 67.2. The van der Waals surface area contributed by atoms with Crippen LogP contribution in [0.15, 0.2) is 24.3 Å². The van der Waals surface area contributed by atoms with Crippen LogP contribution in [-0.2, 0) is 65.4 Å². The molecule has 2 unspecified atom stereocenters. The van der Waals surface area contributed by atoms with Crippen LogP contribution in [0.5, 0.6) is 0 Å². The molecule has 0 aromatic heterocycles. The van der Waals surface area contributed by atoms with Crippen molar-refractivity contribution in [2.75, 3.05) is 39.6 Å². The van der Waals surface area contributed by atoms with Crippen molar-refractivity contribution in [3.63, 3.8) is 0 Å². The van der Waals surface area contributed by atoms with Gasteiger partial charge in [-0.2, -0.15) is 0 Å². The van der Waals surface area contributed by atoms with E-state index in [0.717, 1.165) is 103 Å². The predicted octanol–water partition coefficient (Wildman–Crippen LogP) is 24.5. The molecule has 0 saturated heterocycles. The lowest BCUT2D eigenvalue weighted by Gasteiger charge is -2.21. The Hall–Kier alpha value is -2.46. The minimum atomic E-state index is -4.97. The minimum Gasteiger partial charge on any atom is -0.462 e. The molecule has 101 heavy (non-hydrogen) atoms. The van der Waals surface area contributed by atoms with Gasteiger partial charge in [-0.05, 0) is 51.4 Å². The predicted molar refractivity (Wildman–Crippen MR) is 414 cm³/mol. The van der Waals surface area contributed by atoms with Gasteiger partial charge in [-0.25, -0.2) is 9.13 Å². The molecule has 0 rings (SSSR count). The highest BCUT2D eigenvalue weighted by Gasteiger charge is 2.30. The van der Waals surface area contributed by atoms with Crippen LogP contribution >= 0.6 is 15.6 Å². The Morgan fingerprint density at radius 1 is 0.277 bits per heavy atom. The molecule has 0 aliphatic carbocycles. The summed E-state index contributed by atoms with van der Waals surface area (Å²) in [5, 5.41) is 10.6. The van der Waals surface area contributed by atoms with Gasteiger partial charge in [0, 0.05) is 25.7 Å². The van der Waals surface area contributed by atoms with Crippen molar-refractivity contribution >= 4 is 39.5 Å². The molecular weight excluding hydrogens is 1320 g/mol. The maximum Gasteiger partial charge on any atom is 0.472 e. The molecule has 19 heteroatoms. The van der Waals surface area contributed by atoms with Crippen molar-refractivity contribution in [3.05, 3.63) is 24.3 Å². The van der Waals surface area contributed by atoms with E-state index in [1.165, 1.54) is 238 Å². The number of aliphatic hydroxyl groups excluding tert-OH is 1. The van der Waals surface area contributed by atoms with E-state index >= 15 is 0 Å². The second kappa shape index (κ2) is 75.8. The molecule has 0 aliphatic rings. The van der Waals surface area contributed by atoms with Gasteiger partial charge in [0.15, 0.2) is 12.2 Å². The Bertz CT molecular complexity index is 2010. The third kappa shape index (κ3) is 75.6. The van der Waals surface area contributed by atoms with Gasteiger partial charge >= 0.3 is 39.5 Å². The number of ether oxygens (including phenoxy) is 4. The summed E-state index contributed by atoms with van der Waals surface area (Å²) >= 11 is 0. The summed E-state index contributed by atoms with van der Waals surface area (Å²) in [5.41, 5.74) is 0. The molecule has 17 nitrogen and oxygen atoms in total. The standard InChI is InChI=1S/C82H156O17P2/c1-5-9-13-17-21-25-28-31-34-36-38-40-43-46-49-53-57-61-65-69-82(87)99-78(73-93-80(85)67-63-59-55-51-47-44-42-39-37-35-32-29-26-22-18-14-10-6-2)75-97-101(90,91)95-71-76(83)70-94-100(88,89)96-74-77(72-92-79(84)66-62-58-54-50-24-20-16-12-8-4)98-81(86)68-64-60-56-52-48-45-41-33-30-27-23-19-15-11-7-3/h27,30,33,41,76-78,83H,5-26,28-29,31-32,34-40,42-75H2,1-4H3,(H,88,89)(H,90,91)/b30-27-,41-33-/t76-,77+,78+/m0/s1. The van der Waals surface area contributed by atoms with Gasteiger partial charge in [-0.3, -0.25) is 37.3 Å². The van der Waals surface area contributed by atoms with E-state index in [1.807, 2.05) is 0 Å². The van der Waals surface area contributed by atoms with Gasteiger partial charge in [0.1, 0.15) is 19.3 Å². The summed E-state index contributed by atoms with van der Waals surface area (Å²) in [6.45, 7) is 4.95. The lowest BCUT2D eigenvalue weighted by Crippen LogP contribution is -2.30. The maximum atomic E-state index is 13.1. The third-order valence-electron chi connectivity index (χ3n) is 18.7. The lowest BCUT2D eigenvalue weighted by molar-refractivity contribution is -0.161. The van der Waals surface area contributed by atoms with Crippen LogP contribution in [-0.4, -0.2) is 96.7 Å². The molecular formula is C82H156O17P2. The number of allylic oxidation sites excluding steroid dienone is 4. The normalized spacial score (nSPS) is 13.9. The van der Waals surface area contributed by atoms with Crippen LogP contribution in [0.3, 0.4) is 0 Å². The molecule has 0 fully saturated rings. The molecule has 3 N–H and O–H groups in total. The largest absolute Gasteiger partial charge is 0.472 e. The van der Waals surface area contributed by atoms with E-state index in [1.54, 1.807) is 0 Å². The fourth-order valence-corrected chi connectivity index (χ4v) is 13.9. The molecule has 0 bridgehead atoms. The Balaban J connectivity index is 5.24. The number of rotatable bonds is 81. The first kappa shape index (κ1) is 98.5. The Morgan fingerprint density at radius 3 is 0.723 bits per heavy atom. The average molecular weight is 1480 g/mol. The van der Waals surface area contributed by atoms with E-state index in [-0.39, 0.29) is 25.7 Å². The van der Waals surface area contributed by atoms with Crippen molar-refractivity contribution in [2.45, 2.75) is 438 Å². The molecule has 0 radical (unpaired) electrons. The number of carbonyl (C=O) groups excluding carboxylic acids is 4. The first-order valence-corrected chi connectivity index (χ1v) is 45.1. The number of carbonyl (C=O) groups is 4. The van der Waals surface area contributed by atoms with Crippen LogP contribution in [0.2, 0.25) is 0 Å². The summed E-state index contributed by atoms with van der Waals surface area (Å²) in [6, 6.07) is 0. The second-order valence-electron chi connectivity index (χ2n) is 28.8. The van der Waals surface area contributed by atoms with Crippen LogP contribution < -0.4 is 0 Å². The number of phosphoric ester groups is 2. The van der Waals surface area contributed by atoms with Gasteiger partial charge in [-0.15, -0.1) is 0 Å². The van der Waals surface area contributed by atoms with Crippen LogP contribution in [0.4, 0.5) is 0 Å². The SMILES string of the molecule is CCCCCC/C=C\C=C/CCCCCCCC(=O)O[C@H](COC(=O)CCCCCCCCCCC)COP(=O)(O)OC[C@H](O)COP(=O)(O)OC[C@@H](COC(=O)CCCCCCCCCCCCCCCCCCCC)OC(=O)CCCCCCCCCCCCCCCCCCCCC. The summed E-state index contributed by atoms with van der Waals surface area (Å²) < 4.78 is 68.7. The number of phosphoric acid groups is 2. The summed E-state index contributed by atoms with van der Waals surface area (Å²) in [7, 11) is -9.93. The Kier molecular flexibility index (Phi) is 73.9. The Labute approximate surface area is 618 Å². The highest BCUT2D eigenvalue weighted by molar-refractivity contribution is 7.47. The maximum absolute atomic E-state index is 13.1. The molecule has 0 saturated carbocycles. The number of esters is 4. The fraction of sp³-hybridized carbons (Fsp3) is 0.902. The van der Waals surface area contributed by atoms with Crippen molar-refractivity contribution in [1.29, 1.82) is 0 Å². The number of unbranched alkanes of at least 4 members (excludes halogenated alkanes) is 52. The summed E-state index contributed by atoms with van der Waals surface area (Å²) in [5.74, 6) is -2.14. The van der Waals surface area contributed by atoms with E-state index in [0.29, 0.717) is 25.7 Å². The molecule has 0 amide bonds. The monoisotopic (exact) mass is 1480 g/mol. The van der Waals surface area contributed by atoms with Crippen molar-refractivity contribution in [2.24, 2.45) is 0 Å². The van der Waals surface area contributed by atoms with Crippen molar-refractivity contribution < 1.29 is 80.2 Å². The van der Waals surface area contributed by atoms with Gasteiger partial charge in [0.25, 0.3) is 0 Å². The van der Waals surface area contributed by atoms with Crippen LogP contribution in [0, 0.1) is 0 Å². The smallest absolute Gasteiger partial charge is 0.462 e. The quantitative estimate of drug-likeness (QED) is 0.0169. The lowest BCUT2D eigenvalue weighted by atomic mass is 10.0. The van der Waals surface area contributed by atoms with Gasteiger partial charge in [-0.1, -0.05) is 367 Å². The molecule has 596 valence electrons. The van der Waals surface area contributed by atoms with Crippen molar-refractivity contribution in [1.82, 2.24) is 0 Å². The molecule has 0 spiro atoms. The van der Waals surface area contributed by atoms with Crippen LogP contribution in [0.1, 0.15) is 419 Å². The van der Waals surface area contributed by atoms with Gasteiger partial charge < -0.3 is 33.8 Å². The number of hydrogen-bond donors (Lipinski definition) is 3. The van der Waals surface area contributed by atoms with E-state index in [2.05, 4.69) is 52.0 Å². The number of hydrogen-bond acceptors (Lipinski definition) is 15. The van der Waals surface area contributed by atoms with E-state index < -0.39 is 97.5 Å². The highest BCUT2D eigenvalue weighted by Crippen LogP contribution is 2.45. The molecule has 0 aromatic rings. The fourth-order valence-electron chi connectivity index (χ4n) is 12.3. The molecule has 0 aromatic carbocycles. The van der Waals surface area contributed by atoms with Crippen molar-refractivity contribution in [3.8, 4) is 0 Å². The minimum absolute atomic E-state index is 0.0857. The zero-order chi connectivity index (χ0) is 73.9. The van der Waals surface area contributed by atoms with Gasteiger partial charge in [0.05, 0.1) is 26.4 Å². The molecule has 0 heterocycles. The molecule has 0 aliphatic heterocycles. The van der Waals surface area contributed by atoms with E-state index in [9.17, 15) is 43.2 Å². The van der Waals surface area contributed by atoms with Gasteiger partial charge in [0.2, 0.25) is 0 Å². The first-order valence-electron chi connectivity index (χ1n) is 42.1. The highest BCUT2D eigenvalue weighted by atomic mass is 31.2. The average Bonchev–Trinajstić information content (AvgIpc) is 1.12. The van der Waals surface area contributed by atoms with Crippen LogP contribution in [0.25, 0.3) is 0 Å².